The molecule has 1 aliphatic rings. The number of nitrogens with two attached hydrogens (primary N) is 4. The number of primary amides is 1. The Kier molecular flexibility index (Phi) is 28.0. The predicted molar refractivity (Wildman–Crippen MR) is 271 cm³/mol. The largest absolute Gasteiger partial charge is 0.497 e. The van der Waals surface area contributed by atoms with Crippen molar-refractivity contribution in [2.75, 3.05) is 26.7 Å². The van der Waals surface area contributed by atoms with Gasteiger partial charge in [0, 0.05) is 43.2 Å². The van der Waals surface area contributed by atoms with Crippen LogP contribution in [0.25, 0.3) is 0 Å². The molecule has 1 fully saturated rings. The lowest BCUT2D eigenvalue weighted by atomic mass is 9.81. The summed E-state index contributed by atoms with van der Waals surface area (Å²) in [4.78, 5) is 82.0. The topological polar surface area (TPSA) is 276 Å². The normalized spacial score (nSPS) is 17.6. The summed E-state index contributed by atoms with van der Waals surface area (Å²) in [5.41, 5.74) is 24.6. The Balaban J connectivity index is 2.24. The van der Waals surface area contributed by atoms with E-state index in [1.807, 2.05) is 52.0 Å². The zero-order valence-electron chi connectivity index (χ0n) is 43.2. The molecule has 16 heteroatoms. The minimum Gasteiger partial charge on any atom is -0.497 e. The standard InChI is InChI=1S/C52H93N9O7/c1-32(2)27-45(55)34(5)50(65)61-46(29-38-17-11-10-12-18-38)35(6)49(64)57-31-44(33(3)4)52(67)60-40(19-13-15-25-53)30-47(62)58-37(8)43(28-39-21-23-41(68-9)24-22-39)51(66)59-36(7)42(48(56)63)20-14-16-26-54/h21-24,32-38,40,42-46H,10-20,25-31,53-55H2,1-9H3,(H2,56,63)(H,57,64)(H,58,62)(H,59,66)(H,60,67)(H,61,65)/t34-,35-,36+,37+,40-,42-,43-,44+,45+,46+/m0/s1. The van der Waals surface area contributed by atoms with Gasteiger partial charge in [0.15, 0.2) is 0 Å². The molecule has 1 aromatic carbocycles. The molecule has 0 radical (unpaired) electrons. The van der Waals surface area contributed by atoms with E-state index in [9.17, 15) is 28.8 Å². The summed E-state index contributed by atoms with van der Waals surface area (Å²) in [7, 11) is 1.58. The van der Waals surface area contributed by atoms with Crippen LogP contribution in [0.5, 0.6) is 5.75 Å². The second-order valence-corrected chi connectivity index (χ2v) is 20.6. The van der Waals surface area contributed by atoms with E-state index < -0.39 is 53.6 Å². The Hall–Kier alpha value is -4.28. The van der Waals surface area contributed by atoms with Gasteiger partial charge in [-0.25, -0.2) is 0 Å². The number of benzene rings is 1. The van der Waals surface area contributed by atoms with Gasteiger partial charge in [0.25, 0.3) is 0 Å². The molecule has 1 saturated carbocycles. The molecule has 1 aromatic rings. The van der Waals surface area contributed by atoms with E-state index in [-0.39, 0.29) is 66.9 Å². The average Bonchev–Trinajstić information content (AvgIpc) is 3.28. The molecule has 13 N–H and O–H groups in total. The van der Waals surface area contributed by atoms with Crippen LogP contribution >= 0.6 is 0 Å². The van der Waals surface area contributed by atoms with Crippen LogP contribution in [0.2, 0.25) is 0 Å². The maximum atomic E-state index is 14.1. The zero-order valence-corrected chi connectivity index (χ0v) is 43.2. The fourth-order valence-corrected chi connectivity index (χ4v) is 9.41. The van der Waals surface area contributed by atoms with Gasteiger partial charge in [-0.3, -0.25) is 28.8 Å². The number of carbonyl (C=O) groups excluding carboxylic acids is 6. The Bertz CT molecular complexity index is 1670. The van der Waals surface area contributed by atoms with Crippen LogP contribution < -0.4 is 54.3 Å². The number of unbranched alkanes of at least 4 members (excludes halogenated alkanes) is 2. The quantitative estimate of drug-likeness (QED) is 0.0442. The highest BCUT2D eigenvalue weighted by atomic mass is 16.5. The molecule has 0 heterocycles. The molecule has 0 saturated heterocycles. The lowest BCUT2D eigenvalue weighted by Crippen LogP contribution is -2.52. The first-order valence-electron chi connectivity index (χ1n) is 25.8. The van der Waals surface area contributed by atoms with Crippen LogP contribution in [0.4, 0.5) is 0 Å². The molecule has 2 rings (SSSR count). The number of hydrogen-bond donors (Lipinski definition) is 9. The fourth-order valence-electron chi connectivity index (χ4n) is 9.41. The van der Waals surface area contributed by atoms with Crippen molar-refractivity contribution < 1.29 is 33.5 Å². The number of ether oxygens (including phenoxy) is 1. The molecular formula is C52H93N9O7. The number of hydrogen-bond acceptors (Lipinski definition) is 10. The molecule has 0 spiro atoms. The summed E-state index contributed by atoms with van der Waals surface area (Å²) < 4.78 is 5.33. The van der Waals surface area contributed by atoms with E-state index >= 15 is 0 Å². The molecule has 1 aliphatic carbocycles. The molecule has 388 valence electrons. The van der Waals surface area contributed by atoms with Gasteiger partial charge in [0.05, 0.1) is 36.7 Å². The highest BCUT2D eigenvalue weighted by Gasteiger charge is 2.35. The number of rotatable bonds is 33. The number of methoxy groups -OCH3 is 1. The van der Waals surface area contributed by atoms with Crippen molar-refractivity contribution in [3.63, 3.8) is 0 Å². The second kappa shape index (κ2) is 31.8. The SMILES string of the molecule is COc1ccc(C[C@H](C(=O)N[C@H](C)[C@H](CCCCN)C(N)=O)[C@@H](C)NC(=O)C[C@H](CCCCN)NC(=O)[C@H](CNC(=O)[C@@H](C)[C@@H](CC2CCCCC2)NC(=O)[C@@H](C)[C@H](N)CC(C)C)C(C)C)cc1. The molecule has 6 amide bonds. The van der Waals surface area contributed by atoms with Crippen molar-refractivity contribution in [3.8, 4) is 5.75 Å². The molecule has 0 aromatic heterocycles. The Morgan fingerprint density at radius 1 is 0.676 bits per heavy atom. The van der Waals surface area contributed by atoms with Crippen molar-refractivity contribution in [2.24, 2.45) is 70.3 Å². The highest BCUT2D eigenvalue weighted by molar-refractivity contribution is 5.86. The van der Waals surface area contributed by atoms with Gasteiger partial charge in [-0.05, 0) is 107 Å². The van der Waals surface area contributed by atoms with Crippen LogP contribution in [0.3, 0.4) is 0 Å². The predicted octanol–water partition coefficient (Wildman–Crippen LogP) is 4.59. The lowest BCUT2D eigenvalue weighted by molar-refractivity contribution is -0.131. The van der Waals surface area contributed by atoms with Gasteiger partial charge in [-0.2, -0.15) is 0 Å². The van der Waals surface area contributed by atoms with Crippen molar-refractivity contribution in [1.29, 1.82) is 0 Å². The molecule has 68 heavy (non-hydrogen) atoms. The molecule has 0 unspecified atom stereocenters. The third kappa shape index (κ3) is 21.6. The van der Waals surface area contributed by atoms with Crippen molar-refractivity contribution in [3.05, 3.63) is 29.8 Å². The van der Waals surface area contributed by atoms with E-state index in [4.69, 9.17) is 27.7 Å². The van der Waals surface area contributed by atoms with Gasteiger partial charge in [-0.1, -0.05) is 98.6 Å². The van der Waals surface area contributed by atoms with Crippen LogP contribution in [-0.4, -0.2) is 92.4 Å². The third-order valence-electron chi connectivity index (χ3n) is 14.1. The number of carbonyl (C=O) groups is 6. The maximum Gasteiger partial charge on any atom is 0.225 e. The monoisotopic (exact) mass is 956 g/mol. The van der Waals surface area contributed by atoms with E-state index in [2.05, 4.69) is 40.4 Å². The van der Waals surface area contributed by atoms with Crippen LogP contribution in [0.15, 0.2) is 24.3 Å². The summed E-state index contributed by atoms with van der Waals surface area (Å²) in [6.45, 7) is 16.3. The first-order chi connectivity index (χ1) is 32.2. The van der Waals surface area contributed by atoms with E-state index in [1.165, 1.54) is 6.42 Å². The Labute approximate surface area is 408 Å². The van der Waals surface area contributed by atoms with Gasteiger partial charge in [0.2, 0.25) is 35.4 Å². The second-order valence-electron chi connectivity index (χ2n) is 20.6. The van der Waals surface area contributed by atoms with Crippen LogP contribution in [0.1, 0.15) is 151 Å². The minimum atomic E-state index is -0.726. The lowest BCUT2D eigenvalue weighted by Gasteiger charge is -2.32. The van der Waals surface area contributed by atoms with Crippen LogP contribution in [-0.2, 0) is 35.2 Å². The molecule has 0 aliphatic heterocycles. The number of amides is 6. The van der Waals surface area contributed by atoms with Crippen molar-refractivity contribution >= 4 is 35.4 Å². The first kappa shape index (κ1) is 59.8. The summed E-state index contributed by atoms with van der Waals surface area (Å²) in [5, 5.41) is 15.4. The maximum absolute atomic E-state index is 14.1. The van der Waals surface area contributed by atoms with Gasteiger partial charge in [0.1, 0.15) is 5.75 Å². The summed E-state index contributed by atoms with van der Waals surface area (Å²) in [6, 6.07) is 4.93. The van der Waals surface area contributed by atoms with Crippen molar-refractivity contribution in [1.82, 2.24) is 26.6 Å². The number of nitrogens with one attached hydrogen (secondary N) is 5. The van der Waals surface area contributed by atoms with Gasteiger partial charge >= 0.3 is 0 Å². The molecular weight excluding hydrogens is 863 g/mol. The van der Waals surface area contributed by atoms with Gasteiger partial charge < -0.3 is 54.3 Å². The summed E-state index contributed by atoms with van der Waals surface area (Å²) in [6.07, 6.45) is 11.0. The summed E-state index contributed by atoms with van der Waals surface area (Å²) in [5.74, 6) is -3.47. The molecule has 10 atom stereocenters. The molecule has 0 bridgehead atoms. The average molecular weight is 956 g/mol. The first-order valence-corrected chi connectivity index (χ1v) is 25.8. The Morgan fingerprint density at radius 2 is 1.26 bits per heavy atom. The fraction of sp³-hybridized carbons (Fsp3) is 0.769. The highest BCUT2D eigenvalue weighted by Crippen LogP contribution is 2.30. The summed E-state index contributed by atoms with van der Waals surface area (Å²) >= 11 is 0. The third-order valence-corrected chi connectivity index (χ3v) is 14.1. The smallest absolute Gasteiger partial charge is 0.225 e. The van der Waals surface area contributed by atoms with E-state index in [0.717, 1.165) is 44.1 Å². The van der Waals surface area contributed by atoms with Gasteiger partial charge in [-0.15, -0.1) is 0 Å². The van der Waals surface area contributed by atoms with E-state index in [0.29, 0.717) is 69.2 Å². The zero-order chi connectivity index (χ0) is 50.9. The molecule has 16 nitrogen and oxygen atoms in total. The van der Waals surface area contributed by atoms with Crippen molar-refractivity contribution in [2.45, 2.75) is 182 Å². The van der Waals surface area contributed by atoms with E-state index in [1.54, 1.807) is 21.0 Å². The van der Waals surface area contributed by atoms with Crippen LogP contribution in [0, 0.1) is 47.3 Å². The minimum absolute atomic E-state index is 0.0468. The Morgan fingerprint density at radius 3 is 1.82 bits per heavy atom.